The fraction of sp³-hybridized carbons (Fsp3) is 0.417. The van der Waals surface area contributed by atoms with Crippen molar-refractivity contribution < 1.29 is 9.84 Å². The second-order valence-electron chi connectivity index (χ2n) is 8.45. The molecule has 1 saturated carbocycles. The van der Waals surface area contributed by atoms with Crippen molar-refractivity contribution >= 4 is 10.9 Å². The fourth-order valence-electron chi connectivity index (χ4n) is 5.33. The molecule has 0 radical (unpaired) electrons. The molecule has 3 heterocycles. The molecule has 29 heavy (non-hydrogen) atoms. The third-order valence-electron chi connectivity index (χ3n) is 6.77. The highest BCUT2D eigenvalue weighted by Crippen LogP contribution is 2.49. The Hall–Kier alpha value is -2.50. The van der Waals surface area contributed by atoms with Gasteiger partial charge in [0.15, 0.2) is 0 Å². The summed E-state index contributed by atoms with van der Waals surface area (Å²) in [5.74, 6) is 1.33. The molecule has 3 aromatic rings. The van der Waals surface area contributed by atoms with Gasteiger partial charge in [0, 0.05) is 54.8 Å². The minimum absolute atomic E-state index is 0.240. The lowest BCUT2D eigenvalue weighted by atomic mass is 9.63. The average molecular weight is 389 g/mol. The van der Waals surface area contributed by atoms with E-state index in [1.165, 1.54) is 6.42 Å². The molecule has 1 aromatic carbocycles. The van der Waals surface area contributed by atoms with E-state index in [9.17, 15) is 5.11 Å². The molecule has 2 aliphatic rings. The van der Waals surface area contributed by atoms with Crippen LogP contribution in [0.15, 0.2) is 54.9 Å². The van der Waals surface area contributed by atoms with Gasteiger partial charge in [0.2, 0.25) is 0 Å². The molecular weight excluding hydrogens is 362 g/mol. The van der Waals surface area contributed by atoms with E-state index >= 15 is 0 Å². The number of benzene rings is 1. The molecule has 1 N–H and O–H groups in total. The van der Waals surface area contributed by atoms with Crippen LogP contribution < -0.4 is 4.74 Å². The van der Waals surface area contributed by atoms with Crippen LogP contribution in [0.25, 0.3) is 10.9 Å². The van der Waals surface area contributed by atoms with Gasteiger partial charge in [-0.3, -0.25) is 14.9 Å². The lowest BCUT2D eigenvalue weighted by molar-refractivity contribution is -0.148. The van der Waals surface area contributed by atoms with Gasteiger partial charge in [-0.2, -0.15) is 0 Å². The molecule has 3 atom stereocenters. The van der Waals surface area contributed by atoms with Crippen molar-refractivity contribution in [1.29, 1.82) is 0 Å². The molecule has 1 unspecified atom stereocenters. The van der Waals surface area contributed by atoms with Gasteiger partial charge < -0.3 is 9.84 Å². The summed E-state index contributed by atoms with van der Waals surface area (Å²) in [6.45, 7) is 2.60. The molecule has 2 bridgehead atoms. The van der Waals surface area contributed by atoms with E-state index in [1.54, 1.807) is 13.3 Å². The summed E-state index contributed by atoms with van der Waals surface area (Å²) >= 11 is 0. The van der Waals surface area contributed by atoms with Crippen molar-refractivity contribution in [3.63, 3.8) is 0 Å². The maximum Gasteiger partial charge on any atom is 0.119 e. The summed E-state index contributed by atoms with van der Waals surface area (Å²) in [5, 5.41) is 12.8. The van der Waals surface area contributed by atoms with Crippen molar-refractivity contribution in [2.75, 3.05) is 20.2 Å². The quantitative estimate of drug-likeness (QED) is 0.736. The van der Waals surface area contributed by atoms with E-state index < -0.39 is 5.60 Å². The minimum Gasteiger partial charge on any atom is -0.497 e. The first-order chi connectivity index (χ1) is 14.2. The number of likely N-dealkylation sites (tertiary alicyclic amines) is 1. The van der Waals surface area contributed by atoms with Crippen LogP contribution in [-0.2, 0) is 12.1 Å². The lowest BCUT2D eigenvalue weighted by Gasteiger charge is -2.53. The van der Waals surface area contributed by atoms with Crippen LogP contribution in [0.1, 0.15) is 30.5 Å². The van der Waals surface area contributed by atoms with Crippen LogP contribution in [0.4, 0.5) is 0 Å². The topological polar surface area (TPSA) is 58.5 Å². The third-order valence-corrected chi connectivity index (χ3v) is 6.77. The van der Waals surface area contributed by atoms with Crippen LogP contribution >= 0.6 is 0 Å². The molecule has 5 rings (SSSR count). The summed E-state index contributed by atoms with van der Waals surface area (Å²) in [7, 11) is 1.68. The maximum atomic E-state index is 11.7. The Bertz CT molecular complexity index is 993. The third kappa shape index (κ3) is 3.28. The summed E-state index contributed by atoms with van der Waals surface area (Å²) in [6.07, 6.45) is 6.94. The maximum absolute atomic E-state index is 11.7. The molecule has 1 aliphatic heterocycles. The number of aliphatic hydroxyl groups is 1. The standard InChI is InChI=1S/C24H27N3O2/c1-29-22-9-10-23-17(12-22)7-8-21(26-23)16-27-14-19-4-2-5-20(15-27)24(19,28)18-6-3-11-25-13-18/h3,6-13,19-20,28H,2,4-5,14-16H2,1H3/t19-,20+,24?. The predicted molar refractivity (Wildman–Crippen MR) is 113 cm³/mol. The second-order valence-corrected chi connectivity index (χ2v) is 8.45. The molecule has 2 fully saturated rings. The van der Waals surface area contributed by atoms with Crippen molar-refractivity contribution in [2.45, 2.75) is 31.4 Å². The largest absolute Gasteiger partial charge is 0.497 e. The smallest absolute Gasteiger partial charge is 0.119 e. The van der Waals surface area contributed by atoms with Crippen molar-refractivity contribution in [3.05, 3.63) is 66.1 Å². The number of nitrogens with zero attached hydrogens (tertiary/aromatic N) is 3. The second kappa shape index (κ2) is 7.39. The fourth-order valence-corrected chi connectivity index (χ4v) is 5.33. The lowest BCUT2D eigenvalue weighted by Crippen LogP contribution is -2.57. The Morgan fingerprint density at radius 1 is 1.14 bits per heavy atom. The molecule has 2 aromatic heterocycles. The van der Waals surface area contributed by atoms with Crippen LogP contribution in [0, 0.1) is 11.8 Å². The Balaban J connectivity index is 1.37. The van der Waals surface area contributed by atoms with Gasteiger partial charge in [-0.1, -0.05) is 18.6 Å². The summed E-state index contributed by atoms with van der Waals surface area (Å²) in [6, 6.07) is 14.2. The molecule has 1 aliphatic carbocycles. The van der Waals surface area contributed by atoms with Crippen molar-refractivity contribution in [3.8, 4) is 5.75 Å². The summed E-state index contributed by atoms with van der Waals surface area (Å²) in [4.78, 5) is 11.6. The Morgan fingerprint density at radius 3 is 2.69 bits per heavy atom. The van der Waals surface area contributed by atoms with E-state index in [1.807, 2.05) is 36.5 Å². The normalized spacial score (nSPS) is 27.1. The number of rotatable bonds is 4. The van der Waals surface area contributed by atoms with Gasteiger partial charge in [-0.25, -0.2) is 0 Å². The molecule has 5 heteroatoms. The van der Waals surface area contributed by atoms with Crippen molar-refractivity contribution in [2.24, 2.45) is 11.8 Å². The number of pyridine rings is 2. The summed E-state index contributed by atoms with van der Waals surface area (Å²) in [5.41, 5.74) is 2.29. The molecule has 1 saturated heterocycles. The molecule has 0 amide bonds. The van der Waals surface area contributed by atoms with Gasteiger partial charge >= 0.3 is 0 Å². The molecule has 5 nitrogen and oxygen atoms in total. The van der Waals surface area contributed by atoms with Crippen LogP contribution in [-0.4, -0.2) is 40.2 Å². The molecule has 150 valence electrons. The van der Waals surface area contributed by atoms with E-state index in [0.717, 1.165) is 60.4 Å². The van der Waals surface area contributed by atoms with Crippen LogP contribution in [0.3, 0.4) is 0 Å². The number of methoxy groups -OCH3 is 1. The first-order valence-electron chi connectivity index (χ1n) is 10.5. The zero-order valence-corrected chi connectivity index (χ0v) is 16.8. The van der Waals surface area contributed by atoms with Gasteiger partial charge in [0.1, 0.15) is 5.75 Å². The predicted octanol–water partition coefficient (Wildman–Crippen LogP) is 3.76. The Labute approximate surface area is 171 Å². The Kier molecular flexibility index (Phi) is 4.72. The molecular formula is C24H27N3O2. The zero-order chi connectivity index (χ0) is 19.8. The first kappa shape index (κ1) is 18.5. The first-order valence-corrected chi connectivity index (χ1v) is 10.5. The van der Waals surface area contributed by atoms with Gasteiger partial charge in [-0.15, -0.1) is 0 Å². The van der Waals surface area contributed by atoms with Gasteiger partial charge in [-0.05, 0) is 43.2 Å². The average Bonchev–Trinajstić information content (AvgIpc) is 2.75. The van der Waals surface area contributed by atoms with E-state index in [4.69, 9.17) is 9.72 Å². The zero-order valence-electron chi connectivity index (χ0n) is 16.8. The number of fused-ring (bicyclic) bond motifs is 3. The minimum atomic E-state index is -0.754. The molecule has 0 spiro atoms. The SMILES string of the molecule is COc1ccc2nc(CN3C[C@H]4CCC[C@@H](C3)C4(O)c3cccnc3)ccc2c1. The highest BCUT2D eigenvalue weighted by Gasteiger charge is 2.51. The van der Waals surface area contributed by atoms with E-state index in [2.05, 4.69) is 22.0 Å². The number of hydrogen-bond donors (Lipinski definition) is 1. The number of hydrogen-bond acceptors (Lipinski definition) is 5. The highest BCUT2D eigenvalue weighted by atomic mass is 16.5. The van der Waals surface area contributed by atoms with Crippen LogP contribution in [0.2, 0.25) is 0 Å². The van der Waals surface area contributed by atoms with E-state index in [0.29, 0.717) is 0 Å². The van der Waals surface area contributed by atoms with Crippen molar-refractivity contribution in [1.82, 2.24) is 14.9 Å². The number of aromatic nitrogens is 2. The Morgan fingerprint density at radius 2 is 1.97 bits per heavy atom. The number of ether oxygens (including phenoxy) is 1. The highest BCUT2D eigenvalue weighted by molar-refractivity contribution is 5.80. The van der Waals surface area contributed by atoms with Gasteiger partial charge in [0.05, 0.1) is 23.9 Å². The van der Waals surface area contributed by atoms with E-state index in [-0.39, 0.29) is 11.8 Å². The summed E-state index contributed by atoms with van der Waals surface area (Å²) < 4.78 is 5.31. The monoisotopic (exact) mass is 389 g/mol. The van der Waals surface area contributed by atoms with Gasteiger partial charge in [0.25, 0.3) is 0 Å². The van der Waals surface area contributed by atoms with Crippen LogP contribution in [0.5, 0.6) is 5.75 Å². The number of piperidine rings is 1.